The van der Waals surface area contributed by atoms with E-state index >= 15 is 4.39 Å². The number of thiazole rings is 1. The molecule has 0 aliphatic carbocycles. The van der Waals surface area contributed by atoms with Gasteiger partial charge in [-0.2, -0.15) is 23.1 Å². The second-order valence-corrected chi connectivity index (χ2v) is 9.85. The van der Waals surface area contributed by atoms with Crippen LogP contribution in [0.3, 0.4) is 0 Å². The lowest BCUT2D eigenvalue weighted by Crippen LogP contribution is -2.48. The highest BCUT2D eigenvalue weighted by Crippen LogP contribution is 2.38. The quantitative estimate of drug-likeness (QED) is 0.184. The van der Waals surface area contributed by atoms with Gasteiger partial charge in [-0.3, -0.25) is 0 Å². The van der Waals surface area contributed by atoms with E-state index in [0.717, 1.165) is 12.1 Å². The molecule has 3 heterocycles. The Hall–Kier alpha value is -3.36. The minimum absolute atomic E-state index is 0.0812. The fourth-order valence-corrected chi connectivity index (χ4v) is 4.90. The number of morpholine rings is 1. The number of halogens is 4. The summed E-state index contributed by atoms with van der Waals surface area (Å²) in [6, 6.07) is 2.39. The second-order valence-electron chi connectivity index (χ2n) is 8.87. The van der Waals surface area contributed by atoms with E-state index < -0.39 is 23.7 Å². The van der Waals surface area contributed by atoms with Gasteiger partial charge in [-0.05, 0) is 25.1 Å². The van der Waals surface area contributed by atoms with Crippen LogP contribution in [0.5, 0.6) is 0 Å². The van der Waals surface area contributed by atoms with Gasteiger partial charge in [-0.15, -0.1) is 0 Å². The molecule has 0 spiro atoms. The molecule has 3 aromatic rings. The van der Waals surface area contributed by atoms with Crippen molar-refractivity contribution in [3.05, 3.63) is 41.4 Å². The highest BCUT2D eigenvalue weighted by molar-refractivity contribution is 7.22. The summed E-state index contributed by atoms with van der Waals surface area (Å²) in [5.74, 6) is -0.811. The van der Waals surface area contributed by atoms with Crippen LogP contribution in [0.15, 0.2) is 30.0 Å². The van der Waals surface area contributed by atoms with E-state index in [0.29, 0.717) is 33.7 Å². The molecule has 0 saturated carbocycles. The fraction of sp³-hybridized carbons (Fsp3) is 0.417. The molecule has 1 aliphatic rings. The van der Waals surface area contributed by atoms with E-state index in [4.69, 9.17) is 14.9 Å². The molecule has 9 nitrogen and oxygen atoms in total. The standard InChI is InChI=1S/C24H27F4N7O2S/c1-13-10-35(11-18(37-13)14(8-29)9-30-12-36-4)22-31-19(20-21(32-22)33-23(38-20)34(2)3)16-6-5-15(7-17(16)25)24(26,27)28/h5-9,13,18,29-30H,10-12H2,1-4H3/b14-9+,29-8?. The molecule has 204 valence electrons. The first-order chi connectivity index (χ1) is 18.0. The van der Waals surface area contributed by atoms with Crippen LogP contribution in [0.25, 0.3) is 21.6 Å². The summed E-state index contributed by atoms with van der Waals surface area (Å²) in [5, 5.41) is 11.3. The molecule has 1 fully saturated rings. The molecule has 1 aliphatic heterocycles. The van der Waals surface area contributed by atoms with Crippen molar-refractivity contribution in [1.29, 1.82) is 5.41 Å². The average Bonchev–Trinajstić information content (AvgIpc) is 3.30. The van der Waals surface area contributed by atoms with Gasteiger partial charge in [-0.25, -0.2) is 9.37 Å². The number of nitrogens with zero attached hydrogens (tertiary/aromatic N) is 5. The number of nitrogens with one attached hydrogen (secondary N) is 2. The van der Waals surface area contributed by atoms with Crippen LogP contribution < -0.4 is 15.1 Å². The SMILES string of the molecule is COCN/C=C(\C=N)C1CN(c2nc(-c3ccc(C(F)(F)F)cc3F)c3sc(N(C)C)nc3n2)CC(C)O1. The number of alkyl halides is 3. The molecule has 2 aromatic heterocycles. The predicted octanol–water partition coefficient (Wildman–Crippen LogP) is 4.30. The average molecular weight is 554 g/mol. The van der Waals surface area contributed by atoms with Gasteiger partial charge in [0.25, 0.3) is 0 Å². The minimum atomic E-state index is -4.68. The smallest absolute Gasteiger partial charge is 0.368 e. The van der Waals surface area contributed by atoms with Crippen molar-refractivity contribution >= 4 is 39.0 Å². The number of hydrogen-bond donors (Lipinski definition) is 2. The van der Waals surface area contributed by atoms with Crippen molar-refractivity contribution in [3.8, 4) is 11.3 Å². The molecular formula is C24H27F4N7O2S. The molecule has 14 heteroatoms. The van der Waals surface area contributed by atoms with Crippen LogP contribution in [0.4, 0.5) is 28.6 Å². The Morgan fingerprint density at radius 1 is 1.29 bits per heavy atom. The largest absolute Gasteiger partial charge is 0.416 e. The molecule has 0 radical (unpaired) electrons. The second kappa shape index (κ2) is 11.2. The van der Waals surface area contributed by atoms with E-state index in [1.54, 1.807) is 25.2 Å². The zero-order valence-corrected chi connectivity index (χ0v) is 22.0. The van der Waals surface area contributed by atoms with Gasteiger partial charge in [0, 0.05) is 51.3 Å². The summed E-state index contributed by atoms with van der Waals surface area (Å²) in [7, 11) is 5.12. The predicted molar refractivity (Wildman–Crippen MR) is 138 cm³/mol. The molecule has 2 N–H and O–H groups in total. The first kappa shape index (κ1) is 27.7. The number of benzene rings is 1. The Morgan fingerprint density at radius 3 is 2.68 bits per heavy atom. The molecule has 0 amide bonds. The third kappa shape index (κ3) is 5.87. The van der Waals surface area contributed by atoms with Gasteiger partial charge >= 0.3 is 6.18 Å². The topological polar surface area (TPSA) is 99.5 Å². The highest BCUT2D eigenvalue weighted by atomic mass is 32.1. The van der Waals surface area contributed by atoms with Crippen LogP contribution in [0.1, 0.15) is 12.5 Å². The molecule has 4 rings (SSSR count). The van der Waals surface area contributed by atoms with E-state index in [1.165, 1.54) is 24.7 Å². The van der Waals surface area contributed by atoms with Crippen molar-refractivity contribution in [1.82, 2.24) is 20.3 Å². The summed E-state index contributed by atoms with van der Waals surface area (Å²) < 4.78 is 66.1. The maximum absolute atomic E-state index is 15.1. The maximum Gasteiger partial charge on any atom is 0.416 e. The Labute approximate surface area is 220 Å². The number of rotatable bonds is 8. The lowest BCUT2D eigenvalue weighted by atomic mass is 10.1. The number of anilines is 2. The number of methoxy groups -OCH3 is 1. The fourth-order valence-electron chi connectivity index (χ4n) is 3.97. The summed E-state index contributed by atoms with van der Waals surface area (Å²) in [6.45, 7) is 2.80. The lowest BCUT2D eigenvalue weighted by molar-refractivity contribution is -0.137. The van der Waals surface area contributed by atoms with E-state index in [-0.39, 0.29) is 36.6 Å². The van der Waals surface area contributed by atoms with Gasteiger partial charge < -0.3 is 30.0 Å². The van der Waals surface area contributed by atoms with Crippen LogP contribution >= 0.6 is 11.3 Å². The van der Waals surface area contributed by atoms with Gasteiger partial charge in [0.2, 0.25) is 5.95 Å². The Kier molecular flexibility index (Phi) is 8.13. The maximum atomic E-state index is 15.1. The van der Waals surface area contributed by atoms with Crippen LogP contribution in [0, 0.1) is 11.2 Å². The van der Waals surface area contributed by atoms with Crippen LogP contribution in [-0.4, -0.2) is 74.4 Å². The summed E-state index contributed by atoms with van der Waals surface area (Å²) >= 11 is 1.22. The lowest BCUT2D eigenvalue weighted by Gasteiger charge is -2.37. The van der Waals surface area contributed by atoms with Gasteiger partial charge in [0.15, 0.2) is 10.8 Å². The summed E-state index contributed by atoms with van der Waals surface area (Å²) in [6.07, 6.45) is -2.63. The van der Waals surface area contributed by atoms with Gasteiger partial charge in [-0.1, -0.05) is 11.3 Å². The third-order valence-electron chi connectivity index (χ3n) is 5.74. The molecule has 0 bridgehead atoms. The van der Waals surface area contributed by atoms with Crippen molar-refractivity contribution < 1.29 is 27.0 Å². The molecule has 2 unspecified atom stereocenters. The Balaban J connectivity index is 1.79. The summed E-state index contributed by atoms with van der Waals surface area (Å²) in [4.78, 5) is 17.4. The van der Waals surface area contributed by atoms with Crippen molar-refractivity contribution in [2.75, 3.05) is 50.8 Å². The van der Waals surface area contributed by atoms with Crippen molar-refractivity contribution in [2.24, 2.45) is 0 Å². The highest BCUT2D eigenvalue weighted by Gasteiger charge is 2.33. The molecule has 1 aromatic carbocycles. The molecular weight excluding hydrogens is 526 g/mol. The zero-order chi connectivity index (χ0) is 27.6. The number of fused-ring (bicyclic) bond motifs is 1. The van der Waals surface area contributed by atoms with Crippen LogP contribution in [-0.2, 0) is 15.7 Å². The van der Waals surface area contributed by atoms with Crippen molar-refractivity contribution in [2.45, 2.75) is 25.3 Å². The summed E-state index contributed by atoms with van der Waals surface area (Å²) in [5.41, 5.74) is -0.139. The Bertz CT molecular complexity index is 1350. The number of aromatic nitrogens is 3. The third-order valence-corrected chi connectivity index (χ3v) is 6.96. The minimum Gasteiger partial charge on any atom is -0.368 e. The molecule has 38 heavy (non-hydrogen) atoms. The zero-order valence-electron chi connectivity index (χ0n) is 21.1. The van der Waals surface area contributed by atoms with E-state index in [1.807, 2.05) is 11.8 Å². The van der Waals surface area contributed by atoms with Crippen molar-refractivity contribution in [3.63, 3.8) is 0 Å². The number of ether oxygens (including phenoxy) is 2. The van der Waals surface area contributed by atoms with Gasteiger partial charge in [0.1, 0.15) is 23.4 Å². The monoisotopic (exact) mass is 553 g/mol. The normalized spacial score (nSPS) is 18.6. The first-order valence-corrected chi connectivity index (χ1v) is 12.4. The molecule has 1 saturated heterocycles. The number of hydrogen-bond acceptors (Lipinski definition) is 10. The Morgan fingerprint density at radius 2 is 2.05 bits per heavy atom. The van der Waals surface area contributed by atoms with Crippen LogP contribution in [0.2, 0.25) is 0 Å². The molecule has 2 atom stereocenters. The van der Waals surface area contributed by atoms with E-state index in [2.05, 4.69) is 20.3 Å². The first-order valence-electron chi connectivity index (χ1n) is 11.6. The van der Waals surface area contributed by atoms with E-state index in [9.17, 15) is 13.2 Å². The van der Waals surface area contributed by atoms with Gasteiger partial charge in [0.05, 0.1) is 23.9 Å².